The Morgan fingerprint density at radius 2 is 1.64 bits per heavy atom. The van der Waals surface area contributed by atoms with Gasteiger partial charge in [-0.3, -0.25) is 4.68 Å². The molecule has 0 radical (unpaired) electrons. The number of aromatic nitrogens is 3. The summed E-state index contributed by atoms with van der Waals surface area (Å²) in [5.41, 5.74) is 1.60. The van der Waals surface area contributed by atoms with Gasteiger partial charge in [0.25, 0.3) is 0 Å². The normalized spacial score (nSPS) is 20.0. The number of imide groups is 1. The van der Waals surface area contributed by atoms with E-state index in [2.05, 4.69) is 4.98 Å². The molecular weight excluding hydrogens is 463 g/mol. The molecule has 8 nitrogen and oxygen atoms in total. The van der Waals surface area contributed by atoms with Gasteiger partial charge < -0.3 is 9.47 Å². The summed E-state index contributed by atoms with van der Waals surface area (Å²) >= 11 is 0. The first-order valence-electron chi connectivity index (χ1n) is 12.7. The molecule has 2 aliphatic rings. The topological polar surface area (TPSA) is 86.6 Å². The molecular formula is C27H37FN4O4. The fourth-order valence-corrected chi connectivity index (χ4v) is 4.40. The molecule has 2 fully saturated rings. The van der Waals surface area contributed by atoms with Crippen LogP contribution < -0.4 is 0 Å². The first-order chi connectivity index (χ1) is 16.7. The minimum Gasteiger partial charge on any atom is -0.443 e. The molecule has 2 amide bonds. The number of carbonyl (C=O) groups excluding carboxylic acids is 2. The first kappa shape index (κ1) is 26.1. The second-order valence-electron chi connectivity index (χ2n) is 12.0. The van der Waals surface area contributed by atoms with E-state index in [1.807, 2.05) is 10.9 Å². The lowest BCUT2D eigenvalue weighted by molar-refractivity contribution is -0.0232. The van der Waals surface area contributed by atoms with Crippen molar-refractivity contribution in [3.05, 3.63) is 35.5 Å². The van der Waals surface area contributed by atoms with Crippen LogP contribution in [0, 0.1) is 18.7 Å². The van der Waals surface area contributed by atoms with Crippen molar-refractivity contribution in [1.29, 1.82) is 0 Å². The molecule has 36 heavy (non-hydrogen) atoms. The lowest BCUT2D eigenvalue weighted by Gasteiger charge is -2.42. The fourth-order valence-electron chi connectivity index (χ4n) is 4.40. The minimum absolute atomic E-state index is 0.241. The van der Waals surface area contributed by atoms with Gasteiger partial charge in [0, 0.05) is 30.3 Å². The zero-order valence-corrected chi connectivity index (χ0v) is 22.3. The van der Waals surface area contributed by atoms with Crippen LogP contribution in [-0.4, -0.2) is 49.1 Å². The molecule has 2 aliphatic carbocycles. The Balaban J connectivity index is 1.46. The molecule has 196 valence electrons. The third-order valence-corrected chi connectivity index (χ3v) is 6.25. The van der Waals surface area contributed by atoms with Crippen LogP contribution in [0.25, 0.3) is 11.3 Å². The Hall–Kier alpha value is -2.97. The van der Waals surface area contributed by atoms with Crippen LogP contribution in [0.3, 0.4) is 0 Å². The molecule has 0 saturated heterocycles. The number of ether oxygens (including phenoxy) is 2. The summed E-state index contributed by atoms with van der Waals surface area (Å²) in [5, 5.41) is 4.85. The number of hydrogen-bond donors (Lipinski definition) is 0. The number of carbonyl (C=O) groups is 2. The first-order valence-corrected chi connectivity index (χ1v) is 12.7. The van der Waals surface area contributed by atoms with Crippen molar-refractivity contribution < 1.29 is 23.5 Å². The van der Waals surface area contributed by atoms with Gasteiger partial charge in [-0.25, -0.2) is 23.9 Å². The highest BCUT2D eigenvalue weighted by atomic mass is 19.1. The van der Waals surface area contributed by atoms with Crippen LogP contribution in [-0.2, 0) is 16.0 Å². The standard InChI is InChI=1S/C27H37FN4O4/c1-16-21(28)10-11-22(29-16)20-15-31(30-23(20)18-8-9-18)14-17-12-19(13-17)32(24(33)35-26(2,3)4)25(34)36-27(5,6)7/h10-11,15,17-19H,8-9,12-14H2,1-7H3. The van der Waals surface area contributed by atoms with E-state index < -0.39 is 23.4 Å². The van der Waals surface area contributed by atoms with Crippen molar-refractivity contribution in [2.24, 2.45) is 5.92 Å². The summed E-state index contributed by atoms with van der Waals surface area (Å²) in [6.45, 7) is 12.9. The van der Waals surface area contributed by atoms with Gasteiger partial charge in [-0.2, -0.15) is 5.10 Å². The number of pyridine rings is 1. The maximum Gasteiger partial charge on any atom is 0.420 e. The number of amides is 2. The molecule has 2 saturated carbocycles. The zero-order chi connectivity index (χ0) is 26.4. The zero-order valence-electron chi connectivity index (χ0n) is 22.3. The largest absolute Gasteiger partial charge is 0.443 e. The molecule has 0 N–H and O–H groups in total. The molecule has 2 aromatic heterocycles. The van der Waals surface area contributed by atoms with E-state index in [1.165, 1.54) is 6.07 Å². The highest BCUT2D eigenvalue weighted by Crippen LogP contribution is 2.44. The van der Waals surface area contributed by atoms with Crippen LogP contribution >= 0.6 is 0 Å². The Morgan fingerprint density at radius 1 is 1.06 bits per heavy atom. The lowest BCUT2D eigenvalue weighted by atomic mass is 9.79. The number of nitrogens with zero attached hydrogens (tertiary/aromatic N) is 4. The van der Waals surface area contributed by atoms with Crippen molar-refractivity contribution in [2.75, 3.05) is 0 Å². The van der Waals surface area contributed by atoms with Gasteiger partial charge in [0.1, 0.15) is 17.0 Å². The van der Waals surface area contributed by atoms with Gasteiger partial charge in [-0.1, -0.05) is 0 Å². The van der Waals surface area contributed by atoms with Crippen LogP contribution in [0.5, 0.6) is 0 Å². The average molecular weight is 501 g/mol. The van der Waals surface area contributed by atoms with Gasteiger partial charge in [-0.15, -0.1) is 0 Å². The van der Waals surface area contributed by atoms with E-state index in [1.54, 1.807) is 54.5 Å². The SMILES string of the molecule is Cc1nc(-c2cn(CC3CC(N(C(=O)OC(C)(C)C)C(=O)OC(C)(C)C)C3)nc2C2CC2)ccc1F. The molecule has 0 spiro atoms. The third-order valence-electron chi connectivity index (χ3n) is 6.25. The molecule has 0 aromatic carbocycles. The maximum atomic E-state index is 13.8. The Morgan fingerprint density at radius 3 is 2.14 bits per heavy atom. The van der Waals surface area contributed by atoms with Crippen LogP contribution in [0.1, 0.15) is 84.5 Å². The minimum atomic E-state index is -0.724. The number of halogens is 1. The van der Waals surface area contributed by atoms with Crippen LogP contribution in [0.4, 0.5) is 14.0 Å². The summed E-state index contributed by atoms with van der Waals surface area (Å²) in [7, 11) is 0. The van der Waals surface area contributed by atoms with Crippen LogP contribution in [0.2, 0.25) is 0 Å². The van der Waals surface area contributed by atoms with Crippen molar-refractivity contribution in [3.63, 3.8) is 0 Å². The predicted octanol–water partition coefficient (Wildman–Crippen LogP) is 6.22. The number of hydrogen-bond acceptors (Lipinski definition) is 6. The molecule has 2 heterocycles. The van der Waals surface area contributed by atoms with Crippen LogP contribution in [0.15, 0.2) is 18.3 Å². The Bertz CT molecular complexity index is 1110. The highest BCUT2D eigenvalue weighted by molar-refractivity contribution is 5.88. The fraction of sp³-hybridized carbons (Fsp3) is 0.630. The van der Waals surface area contributed by atoms with Crippen molar-refractivity contribution in [3.8, 4) is 11.3 Å². The van der Waals surface area contributed by atoms with E-state index in [0.717, 1.165) is 34.7 Å². The summed E-state index contributed by atoms with van der Waals surface area (Å²) in [6.07, 6.45) is 4.08. The second kappa shape index (κ2) is 9.48. The smallest absolute Gasteiger partial charge is 0.420 e. The summed E-state index contributed by atoms with van der Waals surface area (Å²) in [4.78, 5) is 31.3. The monoisotopic (exact) mass is 500 g/mol. The van der Waals surface area contributed by atoms with Gasteiger partial charge in [-0.05, 0) is 92.2 Å². The quantitative estimate of drug-likeness (QED) is 0.484. The predicted molar refractivity (Wildman–Crippen MR) is 133 cm³/mol. The molecule has 9 heteroatoms. The van der Waals surface area contributed by atoms with Gasteiger partial charge in [0.2, 0.25) is 0 Å². The molecule has 4 rings (SSSR count). The molecule has 0 bridgehead atoms. The highest BCUT2D eigenvalue weighted by Gasteiger charge is 2.43. The molecule has 2 aromatic rings. The van der Waals surface area contributed by atoms with Gasteiger partial charge >= 0.3 is 12.2 Å². The molecule has 0 unspecified atom stereocenters. The van der Waals surface area contributed by atoms with Gasteiger partial charge in [0.15, 0.2) is 0 Å². The van der Waals surface area contributed by atoms with E-state index >= 15 is 0 Å². The average Bonchev–Trinajstić information content (AvgIpc) is 3.45. The van der Waals surface area contributed by atoms with E-state index in [0.29, 0.717) is 31.0 Å². The summed E-state index contributed by atoms with van der Waals surface area (Å²) in [6, 6.07) is 2.86. The Kier molecular flexibility index (Phi) is 6.88. The third kappa shape index (κ3) is 6.23. The number of aryl methyl sites for hydroxylation is 1. The van der Waals surface area contributed by atoms with Crippen molar-refractivity contribution in [1.82, 2.24) is 19.7 Å². The second-order valence-corrected chi connectivity index (χ2v) is 12.0. The van der Waals surface area contributed by atoms with E-state index in [4.69, 9.17) is 14.6 Å². The van der Waals surface area contributed by atoms with Crippen molar-refractivity contribution in [2.45, 2.75) is 104 Å². The number of rotatable bonds is 5. The molecule has 0 atom stereocenters. The summed E-state index contributed by atoms with van der Waals surface area (Å²) in [5.74, 6) is 0.335. The van der Waals surface area contributed by atoms with Gasteiger partial charge in [0.05, 0.1) is 17.1 Å². The van der Waals surface area contributed by atoms with E-state index in [-0.39, 0.29) is 17.8 Å². The summed E-state index contributed by atoms with van der Waals surface area (Å²) < 4.78 is 26.7. The maximum absolute atomic E-state index is 13.8. The lowest BCUT2D eigenvalue weighted by Crippen LogP contribution is -2.54. The van der Waals surface area contributed by atoms with Crippen molar-refractivity contribution >= 4 is 12.2 Å². The van der Waals surface area contributed by atoms with E-state index in [9.17, 15) is 14.0 Å². The Labute approximate surface area is 212 Å². The molecule has 0 aliphatic heterocycles.